The Morgan fingerprint density at radius 1 is 0.636 bits per heavy atom. The number of carbonyl (C=O) groups is 4. The first-order chi connectivity index (χ1) is 21.2. The molecule has 1 saturated carbocycles. The third-order valence-electron chi connectivity index (χ3n) is 10.5. The normalized spacial score (nSPS) is 30.3. The Labute approximate surface area is 264 Å². The number of carbonyl (C=O) groups excluding carboxylic acids is 4. The number of nitrogens with zero attached hydrogens (tertiary/aromatic N) is 2. The third-order valence-corrected chi connectivity index (χ3v) is 11.3. The number of allylic oxidation sites excluding steroid dienone is 4. The zero-order valence-corrected chi connectivity index (χ0v) is 25.5. The molecule has 0 N–H and O–H groups in total. The topological polar surface area (TPSA) is 74.8 Å². The highest BCUT2D eigenvalue weighted by molar-refractivity contribution is 6.33. The Morgan fingerprint density at radius 3 is 1.82 bits per heavy atom. The van der Waals surface area contributed by atoms with Crippen LogP contribution in [0.2, 0.25) is 10.0 Å². The van der Waals surface area contributed by atoms with E-state index in [1.165, 1.54) is 9.80 Å². The second kappa shape index (κ2) is 9.75. The third kappa shape index (κ3) is 3.67. The maximum absolute atomic E-state index is 14.4. The molecule has 6 aliphatic rings. The van der Waals surface area contributed by atoms with Crippen LogP contribution < -0.4 is 9.80 Å². The van der Waals surface area contributed by atoms with Gasteiger partial charge in [0.05, 0.1) is 35.0 Å². The summed E-state index contributed by atoms with van der Waals surface area (Å²) in [7, 11) is 0. The molecule has 8 heteroatoms. The van der Waals surface area contributed by atoms with E-state index < -0.39 is 29.6 Å². The van der Waals surface area contributed by atoms with Gasteiger partial charge in [-0.2, -0.15) is 0 Å². The molecule has 220 valence electrons. The number of halogens is 2. The fraction of sp³-hybridized carbons (Fsp3) is 0.278. The smallest absolute Gasteiger partial charge is 0.238 e. The van der Waals surface area contributed by atoms with Crippen LogP contribution in [0.4, 0.5) is 11.4 Å². The quantitative estimate of drug-likeness (QED) is 0.237. The summed E-state index contributed by atoms with van der Waals surface area (Å²) in [4.78, 5) is 59.4. The molecule has 0 spiro atoms. The van der Waals surface area contributed by atoms with E-state index in [4.69, 9.17) is 23.2 Å². The highest BCUT2D eigenvalue weighted by Crippen LogP contribution is 2.63. The van der Waals surface area contributed by atoms with Crippen LogP contribution in [-0.2, 0) is 19.2 Å². The number of amides is 4. The fourth-order valence-electron chi connectivity index (χ4n) is 8.47. The zero-order chi connectivity index (χ0) is 30.6. The zero-order valence-electron chi connectivity index (χ0n) is 24.0. The lowest BCUT2D eigenvalue weighted by Crippen LogP contribution is -2.51. The van der Waals surface area contributed by atoms with Gasteiger partial charge in [-0.05, 0) is 72.7 Å². The predicted octanol–water partition coefficient (Wildman–Crippen LogP) is 6.81. The van der Waals surface area contributed by atoms with Crippen molar-refractivity contribution in [3.63, 3.8) is 0 Å². The van der Waals surface area contributed by atoms with E-state index in [9.17, 15) is 19.2 Å². The highest BCUT2D eigenvalue weighted by atomic mass is 35.5. The summed E-state index contributed by atoms with van der Waals surface area (Å²) < 4.78 is 0. The summed E-state index contributed by atoms with van der Waals surface area (Å²) in [5.74, 6) is -4.65. The van der Waals surface area contributed by atoms with Crippen molar-refractivity contribution >= 4 is 63.8 Å². The molecular formula is C36H28Cl2N2O4. The molecule has 2 heterocycles. The van der Waals surface area contributed by atoms with Crippen molar-refractivity contribution < 1.29 is 19.2 Å². The minimum Gasteiger partial charge on any atom is -0.274 e. The van der Waals surface area contributed by atoms with Crippen molar-refractivity contribution in [3.8, 4) is 0 Å². The minimum absolute atomic E-state index is 0.246. The molecular weight excluding hydrogens is 595 g/mol. The van der Waals surface area contributed by atoms with Gasteiger partial charge < -0.3 is 0 Å². The van der Waals surface area contributed by atoms with Crippen molar-refractivity contribution in [2.24, 2.45) is 41.4 Å². The molecule has 3 aromatic carbocycles. The van der Waals surface area contributed by atoms with Gasteiger partial charge in [-0.1, -0.05) is 83.4 Å². The van der Waals surface area contributed by atoms with Crippen molar-refractivity contribution in [2.45, 2.75) is 20.3 Å². The summed E-state index contributed by atoms with van der Waals surface area (Å²) in [6.45, 7) is 3.74. The summed E-state index contributed by atoms with van der Waals surface area (Å²) in [5.41, 5.74) is 5.60. The number of aryl methyl sites for hydroxylation is 2. The average Bonchev–Trinajstić information content (AvgIpc) is 3.45. The number of imide groups is 2. The Kier molecular flexibility index (Phi) is 6.10. The standard InChI is InChI=1S/C36H28Cl2N2O4/c1-17-8-10-20(14-26(17)37)39-33(41)25-16-24(19-6-4-3-5-7-19)28-22-12-13-23(29(28)32(25)36(39)44)31-30(22)34(42)40(35(31)43)21-11-9-18(2)27(38)15-21/h3-15,22-23,25,29-32H,16H2,1-2H3/t22-,23+,25-,29+,30-,31-,32-/m1/s1. The maximum Gasteiger partial charge on any atom is 0.238 e. The van der Waals surface area contributed by atoms with Gasteiger partial charge in [-0.3, -0.25) is 19.2 Å². The summed E-state index contributed by atoms with van der Waals surface area (Å²) in [5, 5.41) is 0.964. The molecule has 3 aromatic rings. The van der Waals surface area contributed by atoms with Crippen LogP contribution >= 0.6 is 23.2 Å². The van der Waals surface area contributed by atoms with E-state index in [2.05, 4.69) is 6.08 Å². The first-order valence-corrected chi connectivity index (χ1v) is 15.7. The summed E-state index contributed by atoms with van der Waals surface area (Å²) in [6, 6.07) is 20.4. The molecule has 0 radical (unpaired) electrons. The Hall–Kier alpha value is -4.00. The lowest BCUT2D eigenvalue weighted by Gasteiger charge is -2.51. The van der Waals surface area contributed by atoms with E-state index in [1.807, 2.05) is 62.4 Å². The molecule has 44 heavy (non-hydrogen) atoms. The largest absolute Gasteiger partial charge is 0.274 e. The van der Waals surface area contributed by atoms with Crippen molar-refractivity contribution in [1.82, 2.24) is 0 Å². The van der Waals surface area contributed by atoms with Gasteiger partial charge in [0, 0.05) is 21.9 Å². The number of benzene rings is 3. The van der Waals surface area contributed by atoms with Crippen LogP contribution in [0.3, 0.4) is 0 Å². The first-order valence-electron chi connectivity index (χ1n) is 14.9. The minimum atomic E-state index is -0.644. The molecule has 4 amide bonds. The van der Waals surface area contributed by atoms with Crippen LogP contribution in [0, 0.1) is 55.3 Å². The van der Waals surface area contributed by atoms with E-state index >= 15 is 0 Å². The van der Waals surface area contributed by atoms with Crippen molar-refractivity contribution in [3.05, 3.63) is 111 Å². The molecule has 3 fully saturated rings. The SMILES string of the molecule is Cc1ccc(N2C(=O)[C@@H]3[C@H]4C=C[C@H](C5=C(c6ccccc6)C[C@H]6C(=O)N(c7ccc(C)c(Cl)c7)C(=O)[C@H]6[C@H]54)[C@H]3C2=O)cc1Cl. The van der Waals surface area contributed by atoms with E-state index in [0.29, 0.717) is 27.8 Å². The average molecular weight is 624 g/mol. The van der Waals surface area contributed by atoms with Crippen LogP contribution in [0.5, 0.6) is 0 Å². The van der Waals surface area contributed by atoms with Crippen LogP contribution in [0.1, 0.15) is 23.1 Å². The molecule has 0 unspecified atom stereocenters. The lowest BCUT2D eigenvalue weighted by molar-refractivity contribution is -0.129. The first kappa shape index (κ1) is 27.5. The molecule has 2 saturated heterocycles. The Bertz CT molecular complexity index is 1880. The predicted molar refractivity (Wildman–Crippen MR) is 169 cm³/mol. The van der Waals surface area contributed by atoms with Gasteiger partial charge in [-0.25, -0.2) is 9.80 Å². The van der Waals surface area contributed by atoms with Gasteiger partial charge in [0.15, 0.2) is 0 Å². The second-order valence-electron chi connectivity index (χ2n) is 12.6. The van der Waals surface area contributed by atoms with E-state index in [-0.39, 0.29) is 35.5 Å². The second-order valence-corrected chi connectivity index (χ2v) is 13.4. The molecule has 2 bridgehead atoms. The summed E-state index contributed by atoms with van der Waals surface area (Å²) in [6.07, 6.45) is 4.45. The van der Waals surface area contributed by atoms with Crippen molar-refractivity contribution in [1.29, 1.82) is 0 Å². The van der Waals surface area contributed by atoms with Crippen LogP contribution in [0.15, 0.2) is 84.5 Å². The van der Waals surface area contributed by atoms with Gasteiger partial charge in [0.2, 0.25) is 23.6 Å². The number of hydrogen-bond donors (Lipinski definition) is 0. The van der Waals surface area contributed by atoms with Gasteiger partial charge in [0.1, 0.15) is 0 Å². The number of anilines is 2. The maximum atomic E-state index is 14.4. The number of hydrogen-bond acceptors (Lipinski definition) is 4. The number of fused-ring (bicyclic) bond motifs is 1. The van der Waals surface area contributed by atoms with Gasteiger partial charge in [0.25, 0.3) is 0 Å². The van der Waals surface area contributed by atoms with Crippen LogP contribution in [-0.4, -0.2) is 23.6 Å². The highest BCUT2D eigenvalue weighted by Gasteiger charge is 2.67. The Balaban J connectivity index is 1.28. The molecule has 2 aliphatic heterocycles. The van der Waals surface area contributed by atoms with Crippen molar-refractivity contribution in [2.75, 3.05) is 9.80 Å². The van der Waals surface area contributed by atoms with E-state index in [1.54, 1.807) is 24.3 Å². The molecule has 4 aliphatic carbocycles. The number of rotatable bonds is 3. The lowest BCUT2D eigenvalue weighted by atomic mass is 9.49. The Morgan fingerprint density at radius 2 is 1.20 bits per heavy atom. The van der Waals surface area contributed by atoms with Crippen LogP contribution in [0.25, 0.3) is 5.57 Å². The molecule has 7 atom stereocenters. The summed E-state index contributed by atoms with van der Waals surface area (Å²) >= 11 is 12.8. The molecule has 9 rings (SSSR count). The monoisotopic (exact) mass is 622 g/mol. The fourth-order valence-corrected chi connectivity index (χ4v) is 8.82. The van der Waals surface area contributed by atoms with Gasteiger partial charge >= 0.3 is 0 Å². The van der Waals surface area contributed by atoms with E-state index in [0.717, 1.165) is 27.8 Å². The van der Waals surface area contributed by atoms with Gasteiger partial charge in [-0.15, -0.1) is 0 Å². The molecule has 6 nitrogen and oxygen atoms in total. The molecule has 0 aromatic heterocycles.